The lowest BCUT2D eigenvalue weighted by atomic mass is 9.99. The van der Waals surface area contributed by atoms with Gasteiger partial charge in [-0.2, -0.15) is 0 Å². The maximum atomic E-state index is 13.2. The summed E-state index contributed by atoms with van der Waals surface area (Å²) in [5.41, 5.74) is 0.884. The minimum atomic E-state index is -0.212. The fraction of sp³-hybridized carbons (Fsp3) is 0.588. The van der Waals surface area contributed by atoms with Crippen molar-refractivity contribution < 1.29 is 4.39 Å². The fourth-order valence-corrected chi connectivity index (χ4v) is 2.83. The third-order valence-corrected chi connectivity index (χ3v) is 3.93. The van der Waals surface area contributed by atoms with Gasteiger partial charge in [0.15, 0.2) is 5.96 Å². The Kier molecular flexibility index (Phi) is 6.65. The van der Waals surface area contributed by atoms with Crippen LogP contribution in [0.25, 0.3) is 0 Å². The molecule has 1 heterocycles. The van der Waals surface area contributed by atoms with Gasteiger partial charge >= 0.3 is 0 Å². The second-order valence-corrected chi connectivity index (χ2v) is 5.98. The molecule has 1 unspecified atom stereocenters. The molecule has 2 rings (SSSR count). The van der Waals surface area contributed by atoms with Crippen molar-refractivity contribution in [2.45, 2.75) is 26.3 Å². The predicted molar refractivity (Wildman–Crippen MR) is 89.4 cm³/mol. The Morgan fingerprint density at radius 1 is 1.41 bits per heavy atom. The highest BCUT2D eigenvalue weighted by atomic mass is 19.1. The van der Waals surface area contributed by atoms with Crippen molar-refractivity contribution >= 4 is 5.96 Å². The first-order valence-corrected chi connectivity index (χ1v) is 8.12. The fourth-order valence-electron chi connectivity index (χ4n) is 2.83. The molecule has 1 saturated heterocycles. The van der Waals surface area contributed by atoms with Gasteiger partial charge in [-0.3, -0.25) is 0 Å². The lowest BCUT2D eigenvalue weighted by Gasteiger charge is -2.30. The van der Waals surface area contributed by atoms with Crippen molar-refractivity contribution in [2.24, 2.45) is 10.9 Å². The number of benzene rings is 1. The van der Waals surface area contributed by atoms with E-state index in [0.717, 1.165) is 31.2 Å². The van der Waals surface area contributed by atoms with Crippen molar-refractivity contribution in [3.63, 3.8) is 0 Å². The maximum Gasteiger partial charge on any atom is 0.191 e. The van der Waals surface area contributed by atoms with Crippen molar-refractivity contribution in [3.8, 4) is 0 Å². The van der Waals surface area contributed by atoms with E-state index in [-0.39, 0.29) is 5.82 Å². The van der Waals surface area contributed by atoms with E-state index in [1.807, 2.05) is 13.0 Å². The van der Waals surface area contributed by atoms with Gasteiger partial charge in [0.1, 0.15) is 5.82 Å². The Balaban J connectivity index is 1.86. The van der Waals surface area contributed by atoms with Crippen LogP contribution in [0.1, 0.15) is 25.3 Å². The summed E-state index contributed by atoms with van der Waals surface area (Å²) >= 11 is 0. The molecule has 1 aromatic carbocycles. The van der Waals surface area contributed by atoms with Crippen LogP contribution in [-0.4, -0.2) is 44.1 Å². The zero-order valence-electron chi connectivity index (χ0n) is 13.6. The van der Waals surface area contributed by atoms with E-state index in [2.05, 4.69) is 27.6 Å². The van der Waals surface area contributed by atoms with E-state index in [0.29, 0.717) is 12.5 Å². The van der Waals surface area contributed by atoms with Gasteiger partial charge < -0.3 is 15.5 Å². The summed E-state index contributed by atoms with van der Waals surface area (Å²) in [6.45, 7) is 6.62. The van der Waals surface area contributed by atoms with Gasteiger partial charge in [-0.1, -0.05) is 12.1 Å². The zero-order chi connectivity index (χ0) is 15.8. The average Bonchev–Trinajstić information content (AvgIpc) is 2.50. The Morgan fingerprint density at radius 2 is 2.27 bits per heavy atom. The van der Waals surface area contributed by atoms with Crippen LogP contribution in [0.4, 0.5) is 4.39 Å². The van der Waals surface area contributed by atoms with Crippen LogP contribution in [0.15, 0.2) is 29.3 Å². The number of piperidine rings is 1. The minimum absolute atomic E-state index is 0.212. The first-order chi connectivity index (χ1) is 10.7. The first-order valence-electron chi connectivity index (χ1n) is 8.12. The van der Waals surface area contributed by atoms with Gasteiger partial charge in [0.05, 0.1) is 6.54 Å². The first kappa shape index (κ1) is 16.7. The van der Waals surface area contributed by atoms with E-state index in [1.54, 1.807) is 6.07 Å². The number of halogens is 1. The van der Waals surface area contributed by atoms with E-state index in [4.69, 9.17) is 0 Å². The van der Waals surface area contributed by atoms with Crippen molar-refractivity contribution in [3.05, 3.63) is 35.6 Å². The van der Waals surface area contributed by atoms with Crippen molar-refractivity contribution in [1.29, 1.82) is 0 Å². The molecule has 4 nitrogen and oxygen atoms in total. The second-order valence-electron chi connectivity index (χ2n) is 5.98. The molecular formula is C17H27FN4. The molecule has 5 heteroatoms. The molecule has 0 saturated carbocycles. The standard InChI is InChI=1S/C17H27FN4/c1-3-19-17(20-11-14-6-4-8-16(18)10-14)21-12-15-7-5-9-22(2)13-15/h4,6,8,10,15H,3,5,7,9,11-13H2,1-2H3,(H2,19,20,21). The minimum Gasteiger partial charge on any atom is -0.357 e. The summed E-state index contributed by atoms with van der Waals surface area (Å²) in [4.78, 5) is 6.92. The number of likely N-dealkylation sites (tertiary alicyclic amines) is 1. The molecule has 122 valence electrons. The van der Waals surface area contributed by atoms with Crippen LogP contribution in [0.3, 0.4) is 0 Å². The zero-order valence-corrected chi connectivity index (χ0v) is 13.6. The molecule has 2 N–H and O–H groups in total. The van der Waals surface area contributed by atoms with Crippen molar-refractivity contribution in [1.82, 2.24) is 15.5 Å². The highest BCUT2D eigenvalue weighted by Crippen LogP contribution is 2.13. The number of aliphatic imine (C=N–C) groups is 1. The molecule has 1 aromatic rings. The highest BCUT2D eigenvalue weighted by Gasteiger charge is 2.17. The van der Waals surface area contributed by atoms with E-state index in [1.165, 1.54) is 31.5 Å². The SMILES string of the molecule is CCNC(=NCc1cccc(F)c1)NCC1CCCN(C)C1. The monoisotopic (exact) mass is 306 g/mol. The van der Waals surface area contributed by atoms with Gasteiger partial charge in [-0.25, -0.2) is 9.38 Å². The summed E-state index contributed by atoms with van der Waals surface area (Å²) in [5, 5.41) is 6.66. The Morgan fingerprint density at radius 3 is 3.00 bits per heavy atom. The molecule has 0 radical (unpaired) electrons. The van der Waals surface area contributed by atoms with Crippen molar-refractivity contribution in [2.75, 3.05) is 33.2 Å². The average molecular weight is 306 g/mol. The summed E-state index contributed by atoms with van der Waals surface area (Å²) in [7, 11) is 2.18. The molecule has 0 bridgehead atoms. The van der Waals surface area contributed by atoms with Crippen LogP contribution >= 0.6 is 0 Å². The van der Waals surface area contributed by atoms with Crippen LogP contribution in [0, 0.1) is 11.7 Å². The number of nitrogens with one attached hydrogen (secondary N) is 2. The van der Waals surface area contributed by atoms with Gasteiger partial charge in [-0.05, 0) is 57.0 Å². The summed E-state index contributed by atoms with van der Waals surface area (Å²) in [6.07, 6.45) is 2.53. The number of hydrogen-bond acceptors (Lipinski definition) is 2. The molecule has 1 aliphatic heterocycles. The molecule has 0 aromatic heterocycles. The lowest BCUT2D eigenvalue weighted by Crippen LogP contribution is -2.43. The summed E-state index contributed by atoms with van der Waals surface area (Å²) < 4.78 is 13.2. The quantitative estimate of drug-likeness (QED) is 0.647. The Hall–Kier alpha value is -1.62. The van der Waals surface area contributed by atoms with Crippen LogP contribution in [0.2, 0.25) is 0 Å². The van der Waals surface area contributed by atoms with Gasteiger partial charge in [0.2, 0.25) is 0 Å². The molecule has 1 aliphatic rings. The third kappa shape index (κ3) is 5.64. The molecule has 1 fully saturated rings. The smallest absolute Gasteiger partial charge is 0.191 e. The molecule has 0 amide bonds. The predicted octanol–water partition coefficient (Wildman–Crippen LogP) is 2.22. The van der Waals surface area contributed by atoms with Gasteiger partial charge in [0.25, 0.3) is 0 Å². The molecule has 22 heavy (non-hydrogen) atoms. The normalized spacial score (nSPS) is 20.0. The van der Waals surface area contributed by atoms with Crippen LogP contribution in [0.5, 0.6) is 0 Å². The van der Waals surface area contributed by atoms with E-state index < -0.39 is 0 Å². The molecular weight excluding hydrogens is 279 g/mol. The largest absolute Gasteiger partial charge is 0.357 e. The number of guanidine groups is 1. The van der Waals surface area contributed by atoms with E-state index >= 15 is 0 Å². The summed E-state index contributed by atoms with van der Waals surface area (Å²) in [5.74, 6) is 1.26. The Labute approximate surface area is 132 Å². The number of rotatable bonds is 5. The van der Waals surface area contributed by atoms with Gasteiger partial charge in [-0.15, -0.1) is 0 Å². The van der Waals surface area contributed by atoms with Gasteiger partial charge in [0, 0.05) is 19.6 Å². The van der Waals surface area contributed by atoms with E-state index in [9.17, 15) is 4.39 Å². The lowest BCUT2D eigenvalue weighted by molar-refractivity contribution is 0.210. The van der Waals surface area contributed by atoms with Crippen LogP contribution in [-0.2, 0) is 6.54 Å². The number of nitrogens with zero attached hydrogens (tertiary/aromatic N) is 2. The topological polar surface area (TPSA) is 39.7 Å². The van der Waals surface area contributed by atoms with Crippen LogP contribution < -0.4 is 10.6 Å². The Bertz CT molecular complexity index is 489. The molecule has 0 spiro atoms. The third-order valence-electron chi connectivity index (χ3n) is 3.93. The number of hydrogen-bond donors (Lipinski definition) is 2. The summed E-state index contributed by atoms with van der Waals surface area (Å²) in [6, 6.07) is 6.60. The highest BCUT2D eigenvalue weighted by molar-refractivity contribution is 5.79. The maximum absolute atomic E-state index is 13.2. The second kappa shape index (κ2) is 8.73. The molecule has 0 aliphatic carbocycles. The molecule has 1 atom stereocenters.